The van der Waals surface area contributed by atoms with Crippen molar-refractivity contribution < 1.29 is 14.3 Å². The summed E-state index contributed by atoms with van der Waals surface area (Å²) in [4.78, 5) is 26.2. The number of carbonyl (C=O) groups excluding carboxylic acids is 2. The summed E-state index contributed by atoms with van der Waals surface area (Å²) < 4.78 is 5.15. The lowest BCUT2D eigenvalue weighted by Gasteiger charge is -2.16. The molecule has 3 rings (SSSR count). The quantitative estimate of drug-likeness (QED) is 0.889. The summed E-state index contributed by atoms with van der Waals surface area (Å²) in [5, 5.41) is 12.2. The van der Waals surface area contributed by atoms with E-state index in [1.807, 2.05) is 45.0 Å². The van der Waals surface area contributed by atoms with Gasteiger partial charge in [-0.1, -0.05) is 32.1 Å². The van der Waals surface area contributed by atoms with Crippen LogP contribution in [0.4, 0.5) is 10.8 Å². The predicted octanol–water partition coefficient (Wildman–Crippen LogP) is 3.05. The molecule has 0 spiro atoms. The van der Waals surface area contributed by atoms with Crippen molar-refractivity contribution in [2.75, 3.05) is 23.9 Å². The normalized spacial score (nSPS) is 17.5. The van der Waals surface area contributed by atoms with Crippen molar-refractivity contribution in [1.82, 2.24) is 10.2 Å². The molecule has 0 aliphatic carbocycles. The van der Waals surface area contributed by atoms with Crippen LogP contribution in [0, 0.1) is 5.41 Å². The number of amides is 2. The van der Waals surface area contributed by atoms with Crippen LogP contribution in [0.25, 0.3) is 0 Å². The molecular weight excluding hydrogens is 352 g/mol. The predicted molar refractivity (Wildman–Crippen MR) is 101 cm³/mol. The van der Waals surface area contributed by atoms with Gasteiger partial charge in [-0.15, -0.1) is 10.2 Å². The van der Waals surface area contributed by atoms with Crippen molar-refractivity contribution in [3.63, 3.8) is 0 Å². The highest BCUT2D eigenvalue weighted by molar-refractivity contribution is 7.15. The van der Waals surface area contributed by atoms with Crippen LogP contribution < -0.4 is 15.0 Å². The molecular formula is C18H22N4O3S. The lowest BCUT2D eigenvalue weighted by atomic mass is 9.96. The fraction of sp³-hybridized carbons (Fsp3) is 0.444. The van der Waals surface area contributed by atoms with Crippen LogP contribution in [0.2, 0.25) is 0 Å². The van der Waals surface area contributed by atoms with E-state index in [2.05, 4.69) is 15.5 Å². The van der Waals surface area contributed by atoms with Crippen molar-refractivity contribution in [2.45, 2.75) is 33.1 Å². The monoisotopic (exact) mass is 374 g/mol. The maximum absolute atomic E-state index is 12.4. The average Bonchev–Trinajstić information content (AvgIpc) is 3.21. The summed E-state index contributed by atoms with van der Waals surface area (Å²) in [7, 11) is 1.61. The summed E-state index contributed by atoms with van der Waals surface area (Å²) >= 11 is 1.33. The summed E-state index contributed by atoms with van der Waals surface area (Å²) in [5.41, 5.74) is 0.337. The first-order valence-electron chi connectivity index (χ1n) is 8.37. The van der Waals surface area contributed by atoms with Crippen LogP contribution in [0.1, 0.15) is 38.1 Å². The van der Waals surface area contributed by atoms with Crippen LogP contribution >= 0.6 is 11.3 Å². The van der Waals surface area contributed by atoms with Gasteiger partial charge < -0.3 is 15.0 Å². The third-order valence-corrected chi connectivity index (χ3v) is 5.20. The molecule has 1 atom stereocenters. The molecule has 1 aliphatic rings. The Bertz CT molecular complexity index is 811. The number of aromatic nitrogens is 2. The van der Waals surface area contributed by atoms with E-state index in [1.165, 1.54) is 11.3 Å². The molecule has 2 amide bonds. The van der Waals surface area contributed by atoms with Crippen LogP contribution in [0.3, 0.4) is 0 Å². The molecule has 0 bridgehead atoms. The van der Waals surface area contributed by atoms with E-state index in [1.54, 1.807) is 12.0 Å². The molecule has 26 heavy (non-hydrogen) atoms. The summed E-state index contributed by atoms with van der Waals surface area (Å²) in [6.07, 6.45) is 0.383. The first-order chi connectivity index (χ1) is 12.3. The van der Waals surface area contributed by atoms with Crippen molar-refractivity contribution in [3.05, 3.63) is 29.3 Å². The number of carbonyl (C=O) groups is 2. The van der Waals surface area contributed by atoms with E-state index in [-0.39, 0.29) is 17.7 Å². The Morgan fingerprint density at radius 3 is 2.58 bits per heavy atom. The maximum atomic E-state index is 12.4. The van der Waals surface area contributed by atoms with Crippen LogP contribution in [0.15, 0.2) is 24.3 Å². The first kappa shape index (κ1) is 18.3. The van der Waals surface area contributed by atoms with Gasteiger partial charge in [0.1, 0.15) is 10.8 Å². The number of hydrogen-bond donors (Lipinski definition) is 1. The Morgan fingerprint density at radius 1 is 1.27 bits per heavy atom. The van der Waals surface area contributed by atoms with Crippen LogP contribution in [0.5, 0.6) is 5.75 Å². The van der Waals surface area contributed by atoms with Gasteiger partial charge in [-0.2, -0.15) is 0 Å². The highest BCUT2D eigenvalue weighted by Crippen LogP contribution is 2.35. The number of rotatable bonds is 4. The second-order valence-electron chi connectivity index (χ2n) is 7.25. The zero-order chi connectivity index (χ0) is 18.9. The molecule has 8 heteroatoms. The van der Waals surface area contributed by atoms with Crippen LogP contribution in [-0.2, 0) is 9.59 Å². The molecule has 0 radical (unpaired) electrons. The number of ether oxygens (including phenoxy) is 1. The fourth-order valence-corrected chi connectivity index (χ4v) is 3.45. The average molecular weight is 374 g/mol. The lowest BCUT2D eigenvalue weighted by Crippen LogP contribution is -2.27. The van der Waals surface area contributed by atoms with Gasteiger partial charge >= 0.3 is 0 Å². The number of benzene rings is 1. The smallest absolute Gasteiger partial charge is 0.231 e. The van der Waals surface area contributed by atoms with Gasteiger partial charge in [0.15, 0.2) is 0 Å². The lowest BCUT2D eigenvalue weighted by molar-refractivity contribution is -0.123. The Hall–Kier alpha value is -2.48. The van der Waals surface area contributed by atoms with Crippen LogP contribution in [-0.4, -0.2) is 35.7 Å². The largest absolute Gasteiger partial charge is 0.497 e. The SMILES string of the molecule is COc1ccc(N2C[C@@H](c3nnc(NC(=O)C(C)(C)C)s3)CC2=O)cc1. The second-order valence-corrected chi connectivity index (χ2v) is 8.26. The highest BCUT2D eigenvalue weighted by Gasteiger charge is 2.34. The van der Waals surface area contributed by atoms with Crippen molar-refractivity contribution >= 4 is 34.0 Å². The molecule has 1 aromatic heterocycles. The minimum atomic E-state index is -0.500. The van der Waals surface area contributed by atoms with Crippen molar-refractivity contribution in [2.24, 2.45) is 5.41 Å². The zero-order valence-corrected chi connectivity index (χ0v) is 16.1. The van der Waals surface area contributed by atoms with Gasteiger partial charge in [-0.05, 0) is 24.3 Å². The number of nitrogens with one attached hydrogen (secondary N) is 1. The highest BCUT2D eigenvalue weighted by atomic mass is 32.1. The Labute approximate surface area is 156 Å². The molecule has 138 valence electrons. The third kappa shape index (κ3) is 3.85. The van der Waals surface area contributed by atoms with E-state index in [4.69, 9.17) is 4.74 Å². The molecule has 1 aliphatic heterocycles. The van der Waals surface area contributed by atoms with Crippen molar-refractivity contribution in [1.29, 1.82) is 0 Å². The Kier molecular flexibility index (Phi) is 4.95. The van der Waals surface area contributed by atoms with E-state index in [0.29, 0.717) is 18.1 Å². The van der Waals surface area contributed by atoms with Crippen molar-refractivity contribution in [3.8, 4) is 5.75 Å². The third-order valence-electron chi connectivity index (χ3n) is 4.20. The van der Waals surface area contributed by atoms with Gasteiger partial charge in [-0.3, -0.25) is 9.59 Å². The number of hydrogen-bond acceptors (Lipinski definition) is 6. The summed E-state index contributed by atoms with van der Waals surface area (Å²) in [6, 6.07) is 7.41. The number of anilines is 2. The standard InChI is InChI=1S/C18H22N4O3S/c1-18(2,3)16(24)19-17-21-20-15(26-17)11-9-14(23)22(10-11)12-5-7-13(25-4)8-6-12/h5-8,11H,9-10H2,1-4H3,(H,19,21,24)/t11-/m0/s1. The second kappa shape index (κ2) is 7.03. The molecule has 2 aromatic rings. The maximum Gasteiger partial charge on any atom is 0.231 e. The van der Waals surface area contributed by atoms with E-state index >= 15 is 0 Å². The van der Waals surface area contributed by atoms with E-state index < -0.39 is 5.41 Å². The van der Waals surface area contributed by atoms with Gasteiger partial charge in [-0.25, -0.2) is 0 Å². The summed E-state index contributed by atoms with van der Waals surface area (Å²) in [6.45, 7) is 6.07. The molecule has 7 nitrogen and oxygen atoms in total. The minimum absolute atomic E-state index is 0.0256. The molecule has 1 saturated heterocycles. The topological polar surface area (TPSA) is 84.4 Å². The minimum Gasteiger partial charge on any atom is -0.497 e. The molecule has 0 unspecified atom stereocenters. The molecule has 1 N–H and O–H groups in total. The van der Waals surface area contributed by atoms with E-state index in [0.717, 1.165) is 16.4 Å². The summed E-state index contributed by atoms with van der Waals surface area (Å²) in [5.74, 6) is 0.667. The molecule has 1 aromatic carbocycles. The van der Waals surface area contributed by atoms with Gasteiger partial charge in [0.2, 0.25) is 16.9 Å². The van der Waals surface area contributed by atoms with Gasteiger partial charge in [0, 0.05) is 30.0 Å². The number of nitrogens with zero attached hydrogens (tertiary/aromatic N) is 3. The number of methoxy groups -OCH3 is 1. The van der Waals surface area contributed by atoms with Gasteiger partial charge in [0.05, 0.1) is 7.11 Å². The Morgan fingerprint density at radius 2 is 1.96 bits per heavy atom. The Balaban J connectivity index is 1.69. The molecule has 1 fully saturated rings. The molecule has 0 saturated carbocycles. The fourth-order valence-electron chi connectivity index (χ4n) is 2.62. The molecule has 2 heterocycles. The van der Waals surface area contributed by atoms with Gasteiger partial charge in [0.25, 0.3) is 0 Å². The van der Waals surface area contributed by atoms with E-state index in [9.17, 15) is 9.59 Å². The zero-order valence-electron chi connectivity index (χ0n) is 15.3. The first-order valence-corrected chi connectivity index (χ1v) is 9.19.